The maximum absolute atomic E-state index is 10.6. The molecule has 0 atom stereocenters. The van der Waals surface area contributed by atoms with Crippen molar-refractivity contribution in [1.29, 1.82) is 0 Å². The van der Waals surface area contributed by atoms with Gasteiger partial charge in [0.1, 0.15) is 11.3 Å². The fourth-order valence-electron chi connectivity index (χ4n) is 4.29. The van der Waals surface area contributed by atoms with Gasteiger partial charge in [0.25, 0.3) is 0 Å². The van der Waals surface area contributed by atoms with E-state index in [9.17, 15) is 4.79 Å². The number of nitrogens with zero attached hydrogens (tertiary/aromatic N) is 1. The number of fused-ring (bicyclic) bond motifs is 3. The number of phenols is 1. The van der Waals surface area contributed by atoms with E-state index in [2.05, 4.69) is 29.2 Å². The smallest absolute Gasteiger partial charge is 0.335 e. The highest BCUT2D eigenvalue weighted by molar-refractivity contribution is 5.94. The predicted molar refractivity (Wildman–Crippen MR) is 169 cm³/mol. The lowest BCUT2D eigenvalue weighted by Gasteiger charge is -1.99. The summed E-state index contributed by atoms with van der Waals surface area (Å²) in [6, 6.07) is 37.3. The number of carbonyl (C=O) groups is 1. The third-order valence-corrected chi connectivity index (χ3v) is 6.46. The molecular weight excluding hydrogens is 528 g/mol. The van der Waals surface area contributed by atoms with E-state index < -0.39 is 5.97 Å². The van der Waals surface area contributed by atoms with Gasteiger partial charge in [-0.05, 0) is 82.2 Å². The van der Waals surface area contributed by atoms with Crippen LogP contribution >= 0.6 is 0 Å². The van der Waals surface area contributed by atoms with Crippen molar-refractivity contribution >= 4 is 55.7 Å². The topological polar surface area (TPSA) is 162 Å². The highest BCUT2D eigenvalue weighted by Gasteiger charge is 2.09. The van der Waals surface area contributed by atoms with Crippen LogP contribution in [0.5, 0.6) is 5.75 Å². The zero-order valence-corrected chi connectivity index (χ0v) is 22.4. The largest absolute Gasteiger partial charge is 0.506 e. The number of aromatic hydroxyl groups is 1. The van der Waals surface area contributed by atoms with Crippen molar-refractivity contribution in [3.8, 4) is 17.2 Å². The van der Waals surface area contributed by atoms with Gasteiger partial charge in [-0.25, -0.2) is 9.78 Å². The van der Waals surface area contributed by atoms with Crippen LogP contribution in [0.3, 0.4) is 0 Å². The normalized spacial score (nSPS) is 10.5. The highest BCUT2D eigenvalue weighted by Crippen LogP contribution is 2.28. The lowest BCUT2D eigenvalue weighted by Crippen LogP contribution is -1.94. The minimum atomic E-state index is -0.884. The molecule has 0 aliphatic carbocycles. The number of oxazole rings is 1. The molecule has 0 radical (unpaired) electrons. The first kappa shape index (κ1) is 27.5. The highest BCUT2D eigenvalue weighted by atomic mass is 16.4. The number of aromatic carboxylic acids is 1. The van der Waals surface area contributed by atoms with Gasteiger partial charge in [0.2, 0.25) is 5.89 Å². The van der Waals surface area contributed by atoms with Gasteiger partial charge in [0, 0.05) is 16.9 Å². The van der Waals surface area contributed by atoms with Gasteiger partial charge in [0.15, 0.2) is 5.58 Å². The molecule has 208 valence electrons. The summed E-state index contributed by atoms with van der Waals surface area (Å²) in [5.74, 6) is -0.189. The van der Waals surface area contributed by atoms with E-state index >= 15 is 0 Å². The lowest BCUT2D eigenvalue weighted by atomic mass is 10.1. The molecule has 0 amide bonds. The van der Waals surface area contributed by atoms with Crippen LogP contribution < -0.4 is 17.2 Å². The first-order valence-corrected chi connectivity index (χ1v) is 13.0. The Bertz CT molecular complexity index is 2030. The quantitative estimate of drug-likeness (QED) is 0.0840. The number of phenolic OH excluding ortho intramolecular Hbond substituents is 1. The number of nitrogen functional groups attached to an aromatic ring is 3. The molecule has 0 saturated heterocycles. The number of hydrogen-bond acceptors (Lipinski definition) is 7. The molecule has 0 saturated carbocycles. The molecule has 8 N–H and O–H groups in total. The SMILES string of the molecule is Nc1ccc(O)c(N)c1.Nc1ccc2oc(-c3ccc4ccccc4c3)nc2c1.O=C(O)c1ccc2ccccc2c1. The molecule has 6 aromatic carbocycles. The van der Waals surface area contributed by atoms with E-state index in [1.54, 1.807) is 18.2 Å². The number of rotatable bonds is 2. The molecule has 42 heavy (non-hydrogen) atoms. The van der Waals surface area contributed by atoms with Crippen molar-refractivity contribution in [1.82, 2.24) is 4.98 Å². The standard InChI is InChI=1S/C17H12N2O.C11H8O2.C6H8N2O/c18-14-7-8-16-15(10-14)19-17(20-16)13-6-5-11-3-1-2-4-12(11)9-13;12-11(13)10-6-5-8-3-1-2-4-9(8)7-10;7-4-1-2-6(9)5(8)3-4/h1-10H,18H2;1-7H,(H,12,13);1-3,9H,7-8H2. The number of anilines is 3. The number of nitrogens with two attached hydrogens (primary N) is 3. The molecule has 1 aromatic heterocycles. The fourth-order valence-corrected chi connectivity index (χ4v) is 4.29. The maximum atomic E-state index is 10.6. The van der Waals surface area contributed by atoms with Crippen molar-refractivity contribution in [2.75, 3.05) is 17.2 Å². The molecular formula is C34H28N4O4. The molecule has 0 aliphatic heterocycles. The summed E-state index contributed by atoms with van der Waals surface area (Å²) in [6.45, 7) is 0. The minimum absolute atomic E-state index is 0.0733. The molecule has 8 heteroatoms. The summed E-state index contributed by atoms with van der Waals surface area (Å²) in [7, 11) is 0. The van der Waals surface area contributed by atoms with E-state index in [4.69, 9.17) is 31.8 Å². The van der Waals surface area contributed by atoms with Gasteiger partial charge in [-0.3, -0.25) is 0 Å². The van der Waals surface area contributed by atoms with E-state index in [1.807, 2.05) is 66.7 Å². The number of aromatic nitrogens is 1. The number of carboxylic acids is 1. The third-order valence-electron chi connectivity index (χ3n) is 6.46. The van der Waals surface area contributed by atoms with Crippen molar-refractivity contribution in [2.24, 2.45) is 0 Å². The second-order valence-corrected chi connectivity index (χ2v) is 9.49. The summed E-state index contributed by atoms with van der Waals surface area (Å²) >= 11 is 0. The van der Waals surface area contributed by atoms with E-state index in [0.29, 0.717) is 28.5 Å². The Hall–Kier alpha value is -6.02. The van der Waals surface area contributed by atoms with E-state index in [0.717, 1.165) is 27.4 Å². The van der Waals surface area contributed by atoms with Crippen LogP contribution in [0.1, 0.15) is 10.4 Å². The molecule has 0 spiro atoms. The Morgan fingerprint density at radius 2 is 1.24 bits per heavy atom. The first-order valence-electron chi connectivity index (χ1n) is 13.0. The summed E-state index contributed by atoms with van der Waals surface area (Å²) < 4.78 is 5.79. The van der Waals surface area contributed by atoms with Gasteiger partial charge in [-0.2, -0.15) is 0 Å². The van der Waals surface area contributed by atoms with Crippen LogP contribution in [0.25, 0.3) is 44.1 Å². The van der Waals surface area contributed by atoms with Crippen LogP contribution in [0.2, 0.25) is 0 Å². The lowest BCUT2D eigenvalue weighted by molar-refractivity contribution is 0.0697. The van der Waals surface area contributed by atoms with Crippen molar-refractivity contribution in [3.05, 3.63) is 127 Å². The summed E-state index contributed by atoms with van der Waals surface area (Å²) in [5, 5.41) is 22.0. The predicted octanol–water partition coefficient (Wildman–Crippen LogP) is 7.32. The molecule has 1 heterocycles. The van der Waals surface area contributed by atoms with Gasteiger partial charge in [0.05, 0.1) is 11.3 Å². The van der Waals surface area contributed by atoms with Crippen molar-refractivity contribution < 1.29 is 19.4 Å². The van der Waals surface area contributed by atoms with Crippen LogP contribution in [0.4, 0.5) is 17.1 Å². The Morgan fingerprint density at radius 1 is 0.643 bits per heavy atom. The summed E-state index contributed by atoms with van der Waals surface area (Å²) in [5.41, 5.74) is 20.8. The van der Waals surface area contributed by atoms with E-state index in [-0.39, 0.29) is 5.75 Å². The first-order chi connectivity index (χ1) is 20.3. The molecule has 7 rings (SSSR count). The molecule has 7 aromatic rings. The number of hydrogen-bond donors (Lipinski definition) is 5. The average molecular weight is 557 g/mol. The van der Waals surface area contributed by atoms with Gasteiger partial charge < -0.3 is 31.8 Å². The summed E-state index contributed by atoms with van der Waals surface area (Å²) in [6.07, 6.45) is 0. The Morgan fingerprint density at radius 3 is 1.88 bits per heavy atom. The van der Waals surface area contributed by atoms with Gasteiger partial charge >= 0.3 is 5.97 Å². The average Bonchev–Trinajstić information content (AvgIpc) is 3.43. The second kappa shape index (κ2) is 12.0. The monoisotopic (exact) mass is 556 g/mol. The number of benzene rings is 6. The Labute approximate surface area is 241 Å². The number of carboxylic acid groups (broad SMARTS) is 1. The zero-order chi connectivity index (χ0) is 29.6. The van der Waals surface area contributed by atoms with Gasteiger partial charge in [-0.15, -0.1) is 0 Å². The maximum Gasteiger partial charge on any atom is 0.335 e. The fraction of sp³-hybridized carbons (Fsp3) is 0. The minimum Gasteiger partial charge on any atom is -0.506 e. The van der Waals surface area contributed by atoms with Crippen molar-refractivity contribution in [3.63, 3.8) is 0 Å². The van der Waals surface area contributed by atoms with E-state index in [1.165, 1.54) is 22.9 Å². The second-order valence-electron chi connectivity index (χ2n) is 9.49. The summed E-state index contributed by atoms with van der Waals surface area (Å²) in [4.78, 5) is 15.1. The zero-order valence-electron chi connectivity index (χ0n) is 22.4. The van der Waals surface area contributed by atoms with Crippen LogP contribution in [-0.4, -0.2) is 21.2 Å². The molecule has 0 aliphatic rings. The Balaban J connectivity index is 0.000000138. The molecule has 8 nitrogen and oxygen atoms in total. The van der Waals surface area contributed by atoms with Crippen LogP contribution in [0, 0.1) is 0 Å². The molecule has 0 unspecified atom stereocenters. The molecule has 0 bridgehead atoms. The van der Waals surface area contributed by atoms with Crippen LogP contribution in [0.15, 0.2) is 126 Å². The Kier molecular flexibility index (Phi) is 7.88. The van der Waals surface area contributed by atoms with Crippen LogP contribution in [-0.2, 0) is 0 Å². The van der Waals surface area contributed by atoms with Crippen molar-refractivity contribution in [2.45, 2.75) is 0 Å². The van der Waals surface area contributed by atoms with Gasteiger partial charge in [-0.1, -0.05) is 60.7 Å². The third kappa shape index (κ3) is 6.40. The molecule has 0 fully saturated rings.